The first-order valence-corrected chi connectivity index (χ1v) is 12.2. The van der Waals surface area contributed by atoms with E-state index in [0.717, 1.165) is 66.6 Å². The number of aromatic nitrogens is 5. The molecule has 0 unspecified atom stereocenters. The van der Waals surface area contributed by atoms with Gasteiger partial charge in [0.25, 0.3) is 5.91 Å². The lowest BCUT2D eigenvalue weighted by Crippen LogP contribution is -2.28. The van der Waals surface area contributed by atoms with Crippen molar-refractivity contribution in [3.05, 3.63) is 46.9 Å². The number of aryl methyl sites for hydroxylation is 1. The molecule has 3 aliphatic rings. The first kappa shape index (κ1) is 21.2. The van der Waals surface area contributed by atoms with E-state index in [2.05, 4.69) is 33.5 Å². The molecule has 0 aliphatic carbocycles. The molecule has 1 saturated heterocycles. The van der Waals surface area contributed by atoms with Crippen LogP contribution in [0.4, 0.5) is 11.6 Å². The molecule has 176 valence electrons. The predicted molar refractivity (Wildman–Crippen MR) is 130 cm³/mol. The van der Waals surface area contributed by atoms with E-state index in [-0.39, 0.29) is 11.9 Å². The maximum atomic E-state index is 13.6. The van der Waals surface area contributed by atoms with E-state index in [0.29, 0.717) is 30.0 Å². The summed E-state index contributed by atoms with van der Waals surface area (Å²) in [6.07, 6.45) is 4.25. The largest absolute Gasteiger partial charge is 0.354 e. The molecule has 3 aromatic rings. The van der Waals surface area contributed by atoms with Crippen LogP contribution in [0.2, 0.25) is 0 Å². The van der Waals surface area contributed by atoms with Gasteiger partial charge in [-0.3, -0.25) is 9.69 Å². The molecular formula is C25H30N8O. The van der Waals surface area contributed by atoms with Crippen LogP contribution in [-0.2, 0) is 13.0 Å². The predicted octanol–water partition coefficient (Wildman–Crippen LogP) is 3.41. The van der Waals surface area contributed by atoms with Gasteiger partial charge in [0.05, 0.1) is 17.8 Å². The molecule has 1 fully saturated rings. The standard InChI is InChI=1S/C25H30N8O/c1-14-6-5-11-31(14)22-12-17-18(23(28-22)16(3)26)13-32(25(17)34)20-8-4-7-19(27-20)24-30-29-21-10-9-15(2)33(21)24/h4,7-8,12,14-16H,5-6,9-11,13,26H2,1-3H3/t14-,15+,16-/m1/s1. The highest BCUT2D eigenvalue weighted by atomic mass is 16.2. The Hall–Kier alpha value is -3.33. The van der Waals surface area contributed by atoms with Crippen molar-refractivity contribution in [2.45, 2.75) is 71.1 Å². The zero-order valence-electron chi connectivity index (χ0n) is 19.9. The average Bonchev–Trinajstić information content (AvgIpc) is 3.59. The number of rotatable bonds is 4. The summed E-state index contributed by atoms with van der Waals surface area (Å²) in [6, 6.07) is 8.17. The van der Waals surface area contributed by atoms with Crippen LogP contribution in [0.15, 0.2) is 24.3 Å². The third-order valence-corrected chi connectivity index (χ3v) is 7.45. The highest BCUT2D eigenvalue weighted by Crippen LogP contribution is 2.36. The van der Waals surface area contributed by atoms with Gasteiger partial charge in [0.15, 0.2) is 5.82 Å². The quantitative estimate of drug-likeness (QED) is 0.638. The number of anilines is 2. The van der Waals surface area contributed by atoms with Crippen LogP contribution < -0.4 is 15.5 Å². The molecule has 1 amide bonds. The van der Waals surface area contributed by atoms with Crippen LogP contribution in [0.3, 0.4) is 0 Å². The Kier molecular flexibility index (Phi) is 4.91. The van der Waals surface area contributed by atoms with Crippen molar-refractivity contribution in [1.29, 1.82) is 0 Å². The molecule has 6 rings (SSSR count). The minimum Gasteiger partial charge on any atom is -0.354 e. The highest BCUT2D eigenvalue weighted by molar-refractivity contribution is 6.10. The normalized spacial score (nSPS) is 22.4. The number of hydrogen-bond donors (Lipinski definition) is 1. The van der Waals surface area contributed by atoms with E-state index >= 15 is 0 Å². The van der Waals surface area contributed by atoms with Crippen LogP contribution >= 0.6 is 0 Å². The first-order chi connectivity index (χ1) is 16.4. The Bertz CT molecular complexity index is 1280. The fourth-order valence-corrected chi connectivity index (χ4v) is 5.59. The van der Waals surface area contributed by atoms with Gasteiger partial charge in [0.2, 0.25) is 0 Å². The molecule has 9 nitrogen and oxygen atoms in total. The average molecular weight is 459 g/mol. The molecule has 34 heavy (non-hydrogen) atoms. The van der Waals surface area contributed by atoms with Crippen LogP contribution in [0.5, 0.6) is 0 Å². The van der Waals surface area contributed by atoms with Gasteiger partial charge in [-0.15, -0.1) is 10.2 Å². The summed E-state index contributed by atoms with van der Waals surface area (Å²) < 4.78 is 2.16. The molecule has 2 N–H and O–H groups in total. The summed E-state index contributed by atoms with van der Waals surface area (Å²) in [7, 11) is 0. The Morgan fingerprint density at radius 1 is 1.09 bits per heavy atom. The van der Waals surface area contributed by atoms with Gasteiger partial charge in [-0.2, -0.15) is 0 Å². The zero-order chi connectivity index (χ0) is 23.6. The number of fused-ring (bicyclic) bond motifs is 2. The third-order valence-electron chi connectivity index (χ3n) is 7.45. The number of nitrogens with two attached hydrogens (primary N) is 1. The van der Waals surface area contributed by atoms with Crippen LogP contribution in [0.25, 0.3) is 11.5 Å². The number of nitrogens with zero attached hydrogens (tertiary/aromatic N) is 7. The van der Waals surface area contributed by atoms with E-state index in [1.807, 2.05) is 31.2 Å². The van der Waals surface area contributed by atoms with Crippen molar-refractivity contribution >= 4 is 17.5 Å². The second-order valence-corrected chi connectivity index (χ2v) is 9.83. The smallest absolute Gasteiger partial charge is 0.260 e. The second kappa shape index (κ2) is 7.87. The summed E-state index contributed by atoms with van der Waals surface area (Å²) in [4.78, 5) is 27.4. The maximum absolute atomic E-state index is 13.6. The van der Waals surface area contributed by atoms with Gasteiger partial charge >= 0.3 is 0 Å². The highest BCUT2D eigenvalue weighted by Gasteiger charge is 2.35. The number of hydrogen-bond acceptors (Lipinski definition) is 7. The lowest BCUT2D eigenvalue weighted by atomic mass is 10.0. The fourth-order valence-electron chi connectivity index (χ4n) is 5.59. The topological polar surface area (TPSA) is 106 Å². The number of carbonyl (C=O) groups is 1. The molecule has 0 bridgehead atoms. The molecule has 6 heterocycles. The maximum Gasteiger partial charge on any atom is 0.260 e. The fraction of sp³-hybridized carbons (Fsp3) is 0.480. The van der Waals surface area contributed by atoms with Gasteiger partial charge in [0, 0.05) is 36.7 Å². The molecule has 0 radical (unpaired) electrons. The van der Waals surface area contributed by atoms with E-state index in [1.165, 1.54) is 0 Å². The lowest BCUT2D eigenvalue weighted by molar-refractivity contribution is 0.0996. The summed E-state index contributed by atoms with van der Waals surface area (Å²) in [6.45, 7) is 7.68. The van der Waals surface area contributed by atoms with Crippen molar-refractivity contribution in [2.75, 3.05) is 16.3 Å². The SMILES string of the molecule is C[C@@H]1CCCN1c1cc2c(c([C@@H](C)N)n1)CN(c1cccc(-c3nnc4n3[C@@H](C)CC4)n1)C2=O. The van der Waals surface area contributed by atoms with Crippen LogP contribution in [-0.4, -0.2) is 43.2 Å². The first-order valence-electron chi connectivity index (χ1n) is 12.2. The van der Waals surface area contributed by atoms with Gasteiger partial charge in [0.1, 0.15) is 23.2 Å². The Morgan fingerprint density at radius 3 is 2.71 bits per heavy atom. The molecule has 3 aliphatic heterocycles. The molecule has 0 aromatic carbocycles. The second-order valence-electron chi connectivity index (χ2n) is 9.83. The summed E-state index contributed by atoms with van der Waals surface area (Å²) in [5.74, 6) is 3.15. The summed E-state index contributed by atoms with van der Waals surface area (Å²) in [5.41, 5.74) is 9.43. The molecule has 3 atom stereocenters. The Balaban J connectivity index is 1.38. The minimum absolute atomic E-state index is 0.0584. The Labute approximate surface area is 199 Å². The van der Waals surface area contributed by atoms with E-state index in [4.69, 9.17) is 15.7 Å². The van der Waals surface area contributed by atoms with Crippen molar-refractivity contribution in [3.8, 4) is 11.5 Å². The lowest BCUT2D eigenvalue weighted by Gasteiger charge is -2.24. The van der Waals surface area contributed by atoms with Crippen molar-refractivity contribution in [3.63, 3.8) is 0 Å². The van der Waals surface area contributed by atoms with Gasteiger partial charge < -0.3 is 15.2 Å². The van der Waals surface area contributed by atoms with Crippen molar-refractivity contribution < 1.29 is 4.79 Å². The monoisotopic (exact) mass is 458 g/mol. The number of pyridine rings is 2. The summed E-state index contributed by atoms with van der Waals surface area (Å²) >= 11 is 0. The van der Waals surface area contributed by atoms with Crippen molar-refractivity contribution in [2.24, 2.45) is 5.73 Å². The number of amides is 1. The minimum atomic E-state index is -0.265. The van der Waals surface area contributed by atoms with Gasteiger partial charge in [-0.1, -0.05) is 6.07 Å². The Morgan fingerprint density at radius 2 is 1.94 bits per heavy atom. The molecular weight excluding hydrogens is 428 g/mol. The van der Waals surface area contributed by atoms with E-state index in [9.17, 15) is 4.79 Å². The van der Waals surface area contributed by atoms with E-state index in [1.54, 1.807) is 4.90 Å². The van der Waals surface area contributed by atoms with Gasteiger partial charge in [-0.05, 0) is 58.2 Å². The molecule has 0 spiro atoms. The van der Waals surface area contributed by atoms with E-state index < -0.39 is 0 Å². The zero-order valence-corrected chi connectivity index (χ0v) is 19.9. The van der Waals surface area contributed by atoms with Gasteiger partial charge in [-0.25, -0.2) is 9.97 Å². The third kappa shape index (κ3) is 3.21. The molecule has 9 heteroatoms. The molecule has 3 aromatic heterocycles. The summed E-state index contributed by atoms with van der Waals surface area (Å²) in [5, 5.41) is 8.75. The van der Waals surface area contributed by atoms with Crippen LogP contribution in [0.1, 0.15) is 79.6 Å². The van der Waals surface area contributed by atoms with Crippen molar-refractivity contribution in [1.82, 2.24) is 24.7 Å². The number of carbonyl (C=O) groups excluding carboxylic acids is 1. The van der Waals surface area contributed by atoms with Crippen LogP contribution in [0, 0.1) is 0 Å². The molecule has 0 saturated carbocycles.